The Morgan fingerprint density at radius 3 is 2.14 bits per heavy atom. The highest BCUT2D eigenvalue weighted by Crippen LogP contribution is 2.53. The van der Waals surface area contributed by atoms with Gasteiger partial charge in [0, 0.05) is 10.5 Å². The van der Waals surface area contributed by atoms with Gasteiger partial charge in [0.25, 0.3) is 0 Å². The van der Waals surface area contributed by atoms with E-state index in [-0.39, 0.29) is 0 Å². The molecule has 1 heteroatoms. The smallest absolute Gasteiger partial charge is 0.0160 e. The average Bonchev–Trinajstić information content (AvgIpc) is 2.92. The maximum atomic E-state index is 2.34. The van der Waals surface area contributed by atoms with E-state index in [2.05, 4.69) is 73.0 Å². The highest BCUT2D eigenvalue weighted by Gasteiger charge is 2.25. The topological polar surface area (TPSA) is 0 Å². The van der Waals surface area contributed by atoms with Crippen molar-refractivity contribution in [3.8, 4) is 22.3 Å². The van der Waals surface area contributed by atoms with Gasteiger partial charge in [0.1, 0.15) is 0 Å². The highest BCUT2D eigenvalue weighted by atomic mass is 32.2. The van der Waals surface area contributed by atoms with Crippen molar-refractivity contribution in [3.05, 3.63) is 66.7 Å². The second kappa shape index (κ2) is 4.37. The van der Waals surface area contributed by atoms with Crippen LogP contribution >= 0.6 is 11.8 Å². The molecule has 0 saturated heterocycles. The molecule has 22 heavy (non-hydrogen) atoms. The monoisotopic (exact) mass is 298 g/mol. The van der Waals surface area contributed by atoms with Crippen LogP contribution in [-0.4, -0.2) is 6.26 Å². The molecular weight excluding hydrogens is 284 g/mol. The maximum Gasteiger partial charge on any atom is 0.0160 e. The predicted octanol–water partition coefficient (Wildman–Crippen LogP) is 6.36. The minimum Gasteiger partial charge on any atom is -0.129 e. The van der Waals surface area contributed by atoms with Gasteiger partial charge in [0.05, 0.1) is 0 Å². The quantitative estimate of drug-likeness (QED) is 0.324. The Kier molecular flexibility index (Phi) is 2.45. The zero-order valence-electron chi connectivity index (χ0n) is 12.3. The minimum absolute atomic E-state index is 1.33. The van der Waals surface area contributed by atoms with Gasteiger partial charge in [-0.1, -0.05) is 60.7 Å². The van der Waals surface area contributed by atoms with Gasteiger partial charge in [-0.05, 0) is 50.6 Å². The van der Waals surface area contributed by atoms with Gasteiger partial charge in [0.15, 0.2) is 0 Å². The lowest BCUT2D eigenvalue weighted by Crippen LogP contribution is -1.84. The Bertz CT molecular complexity index is 1050. The molecule has 0 N–H and O–H groups in total. The first-order valence-electron chi connectivity index (χ1n) is 7.51. The van der Waals surface area contributed by atoms with Crippen LogP contribution < -0.4 is 0 Å². The summed E-state index contributed by atoms with van der Waals surface area (Å²) in [6, 6.07) is 24.4. The van der Waals surface area contributed by atoms with E-state index in [1.165, 1.54) is 48.7 Å². The molecule has 0 fully saturated rings. The van der Waals surface area contributed by atoms with Crippen molar-refractivity contribution in [2.45, 2.75) is 4.90 Å². The van der Waals surface area contributed by atoms with E-state index in [0.29, 0.717) is 0 Å². The maximum absolute atomic E-state index is 2.34. The molecular formula is C21H14S. The summed E-state index contributed by atoms with van der Waals surface area (Å²) in [7, 11) is 0. The van der Waals surface area contributed by atoms with Crippen LogP contribution in [0.2, 0.25) is 0 Å². The molecule has 0 amide bonds. The molecule has 0 radical (unpaired) electrons. The Morgan fingerprint density at radius 2 is 1.36 bits per heavy atom. The van der Waals surface area contributed by atoms with Crippen molar-refractivity contribution in [2.24, 2.45) is 0 Å². The standard InChI is InChI=1S/C21H14S/c1-22-18-12-14-6-2-3-9-15(14)20-16-10-4-7-13-8-5-11-17(19(13)16)21(18)20/h2-12H,1H3. The van der Waals surface area contributed by atoms with Crippen LogP contribution in [0.25, 0.3) is 43.8 Å². The Balaban J connectivity index is 2.09. The number of hydrogen-bond acceptors (Lipinski definition) is 1. The van der Waals surface area contributed by atoms with Gasteiger partial charge in [-0.25, -0.2) is 0 Å². The number of benzene rings is 4. The van der Waals surface area contributed by atoms with Gasteiger partial charge in [-0.2, -0.15) is 0 Å². The first kappa shape index (κ1) is 12.3. The zero-order chi connectivity index (χ0) is 14.7. The zero-order valence-corrected chi connectivity index (χ0v) is 13.1. The van der Waals surface area contributed by atoms with Crippen molar-refractivity contribution in [1.82, 2.24) is 0 Å². The lowest BCUT2D eigenvalue weighted by molar-refractivity contribution is 1.52. The third-order valence-electron chi connectivity index (χ3n) is 4.68. The van der Waals surface area contributed by atoms with Crippen molar-refractivity contribution >= 4 is 33.3 Å². The predicted molar refractivity (Wildman–Crippen MR) is 97.7 cm³/mol. The number of fused-ring (bicyclic) bond motifs is 5. The summed E-state index contributed by atoms with van der Waals surface area (Å²) in [6.07, 6.45) is 2.17. The Morgan fingerprint density at radius 1 is 0.682 bits per heavy atom. The van der Waals surface area contributed by atoms with Crippen molar-refractivity contribution < 1.29 is 0 Å². The molecule has 0 aliphatic heterocycles. The van der Waals surface area contributed by atoms with Crippen LogP contribution in [0.1, 0.15) is 0 Å². The van der Waals surface area contributed by atoms with E-state index in [0.717, 1.165) is 0 Å². The summed E-state index contributed by atoms with van der Waals surface area (Å²) >= 11 is 1.84. The van der Waals surface area contributed by atoms with Gasteiger partial charge in [-0.15, -0.1) is 11.8 Å². The minimum atomic E-state index is 1.33. The molecule has 1 aliphatic carbocycles. The molecule has 4 aromatic rings. The molecule has 0 unspecified atom stereocenters. The number of hydrogen-bond donors (Lipinski definition) is 0. The van der Waals surface area contributed by atoms with Crippen molar-refractivity contribution in [2.75, 3.05) is 6.26 Å². The van der Waals surface area contributed by atoms with E-state index in [1.54, 1.807) is 0 Å². The molecule has 0 aromatic heterocycles. The molecule has 0 heterocycles. The van der Waals surface area contributed by atoms with Crippen LogP contribution in [0.4, 0.5) is 0 Å². The molecule has 0 saturated carbocycles. The molecule has 1 aliphatic rings. The van der Waals surface area contributed by atoms with Crippen molar-refractivity contribution in [3.63, 3.8) is 0 Å². The largest absolute Gasteiger partial charge is 0.129 e. The Hall–Kier alpha value is -2.25. The normalized spacial score (nSPS) is 12.0. The molecule has 4 aromatic carbocycles. The Labute approximate surface area is 133 Å². The number of rotatable bonds is 1. The molecule has 0 nitrogen and oxygen atoms in total. The van der Waals surface area contributed by atoms with Gasteiger partial charge < -0.3 is 0 Å². The second-order valence-corrected chi connectivity index (χ2v) is 6.61. The van der Waals surface area contributed by atoms with Gasteiger partial charge >= 0.3 is 0 Å². The van der Waals surface area contributed by atoms with E-state index < -0.39 is 0 Å². The summed E-state index contributed by atoms with van der Waals surface area (Å²) in [4.78, 5) is 1.37. The van der Waals surface area contributed by atoms with E-state index in [1.807, 2.05) is 11.8 Å². The molecule has 0 spiro atoms. The summed E-state index contributed by atoms with van der Waals surface area (Å²) < 4.78 is 0. The summed E-state index contributed by atoms with van der Waals surface area (Å²) in [5, 5.41) is 5.43. The number of thioether (sulfide) groups is 1. The molecule has 0 atom stereocenters. The van der Waals surface area contributed by atoms with Crippen LogP contribution in [0.3, 0.4) is 0 Å². The fraction of sp³-hybridized carbons (Fsp3) is 0.0476. The van der Waals surface area contributed by atoms with Crippen LogP contribution in [-0.2, 0) is 0 Å². The van der Waals surface area contributed by atoms with E-state index >= 15 is 0 Å². The highest BCUT2D eigenvalue weighted by molar-refractivity contribution is 7.98. The third-order valence-corrected chi connectivity index (χ3v) is 5.44. The fourth-order valence-corrected chi connectivity index (χ4v) is 4.45. The van der Waals surface area contributed by atoms with E-state index in [9.17, 15) is 0 Å². The van der Waals surface area contributed by atoms with Crippen LogP contribution in [0.15, 0.2) is 71.6 Å². The average molecular weight is 298 g/mol. The summed E-state index contributed by atoms with van der Waals surface area (Å²) in [5.41, 5.74) is 5.60. The second-order valence-electron chi connectivity index (χ2n) is 5.76. The summed E-state index contributed by atoms with van der Waals surface area (Å²) in [5.74, 6) is 0. The first-order valence-corrected chi connectivity index (χ1v) is 8.73. The first-order chi connectivity index (χ1) is 10.9. The van der Waals surface area contributed by atoms with Gasteiger partial charge in [-0.3, -0.25) is 0 Å². The molecule has 0 bridgehead atoms. The van der Waals surface area contributed by atoms with Crippen molar-refractivity contribution in [1.29, 1.82) is 0 Å². The lowest BCUT2D eigenvalue weighted by Gasteiger charge is -2.12. The summed E-state index contributed by atoms with van der Waals surface area (Å²) in [6.45, 7) is 0. The SMILES string of the molecule is CSc1cc2ccccc2c2c1-c1cccc3cccc-2c13. The van der Waals surface area contributed by atoms with Crippen LogP contribution in [0, 0.1) is 0 Å². The van der Waals surface area contributed by atoms with E-state index in [4.69, 9.17) is 0 Å². The lowest BCUT2D eigenvalue weighted by atomic mass is 9.96. The van der Waals surface area contributed by atoms with Crippen LogP contribution in [0.5, 0.6) is 0 Å². The molecule has 104 valence electrons. The van der Waals surface area contributed by atoms with Gasteiger partial charge in [0.2, 0.25) is 0 Å². The fourth-order valence-electron chi connectivity index (χ4n) is 3.79. The molecule has 5 rings (SSSR count). The third kappa shape index (κ3) is 1.44.